The van der Waals surface area contributed by atoms with Crippen LogP contribution in [-0.2, 0) is 32.7 Å². The normalized spacial score (nSPS) is 15.1. The van der Waals surface area contributed by atoms with Crippen LogP contribution in [0.3, 0.4) is 0 Å². The van der Waals surface area contributed by atoms with E-state index < -0.39 is 57.9 Å². The Balaban J connectivity index is 4.42. The predicted octanol–water partition coefficient (Wildman–Crippen LogP) is 10.6. The second-order valence-corrected chi connectivity index (χ2v) is 16.0. The van der Waals surface area contributed by atoms with Gasteiger partial charge in [0.25, 0.3) is 0 Å². The van der Waals surface area contributed by atoms with Gasteiger partial charge in [0.15, 0.2) is 6.10 Å². The van der Waals surface area contributed by atoms with Gasteiger partial charge in [0, 0.05) is 12.8 Å². The number of hydrogen-bond donors (Lipinski definition) is 4. The van der Waals surface area contributed by atoms with Crippen molar-refractivity contribution in [2.45, 2.75) is 180 Å². The van der Waals surface area contributed by atoms with Gasteiger partial charge in [-0.05, 0) is 70.6 Å². The fourth-order valence-corrected chi connectivity index (χ4v) is 6.30. The number of ether oxygens (including phenoxy) is 2. The van der Waals surface area contributed by atoms with Crippen molar-refractivity contribution in [2.75, 3.05) is 26.4 Å². The maximum absolute atomic E-state index is 12.6. The van der Waals surface area contributed by atoms with Gasteiger partial charge in [-0.2, -0.15) is 0 Å². The second-order valence-electron chi connectivity index (χ2n) is 14.5. The third-order valence-corrected chi connectivity index (χ3v) is 9.87. The monoisotopic (exact) mass is 839 g/mol. The Morgan fingerprint density at radius 3 is 1.79 bits per heavy atom. The third kappa shape index (κ3) is 40.2. The number of carbonyl (C=O) groups excluding carboxylic acids is 2. The van der Waals surface area contributed by atoms with Crippen molar-refractivity contribution in [2.24, 2.45) is 0 Å². The van der Waals surface area contributed by atoms with E-state index in [1.54, 1.807) is 6.08 Å². The lowest BCUT2D eigenvalue weighted by atomic mass is 10.1. The first-order valence-electron chi connectivity index (χ1n) is 22.0. The van der Waals surface area contributed by atoms with Crippen molar-refractivity contribution in [3.05, 3.63) is 72.9 Å². The molecular weight excluding hydrogens is 759 g/mol. The number of aliphatic hydroxyl groups is 3. The summed E-state index contributed by atoms with van der Waals surface area (Å²) in [7, 11) is -4.64. The van der Waals surface area contributed by atoms with Crippen LogP contribution in [0.15, 0.2) is 72.9 Å². The van der Waals surface area contributed by atoms with Crippen molar-refractivity contribution in [1.29, 1.82) is 0 Å². The SMILES string of the molecule is CC/C=C\C(O)C/C=C/C=C\C/C=C\C/C=C\CCCC(=O)OC[C@H](COP(=O)(O)OC[C@@H](O)CO)OC(=O)CCCCCCCCC/C=C\CCCCCCCC. The Morgan fingerprint density at radius 1 is 0.603 bits per heavy atom. The molecule has 0 aromatic rings. The molecule has 0 bridgehead atoms. The fourth-order valence-electron chi connectivity index (χ4n) is 5.51. The smallest absolute Gasteiger partial charge is 0.462 e. The number of aliphatic hydroxyl groups excluding tert-OH is 3. The molecular formula is C46H79O11P. The van der Waals surface area contributed by atoms with Gasteiger partial charge in [0.2, 0.25) is 0 Å². The average Bonchev–Trinajstić information content (AvgIpc) is 3.21. The van der Waals surface area contributed by atoms with Crippen LogP contribution in [0, 0.1) is 0 Å². The number of allylic oxidation sites excluding steroid dienone is 10. The molecule has 0 aromatic heterocycles. The van der Waals surface area contributed by atoms with Crippen LogP contribution in [0.2, 0.25) is 0 Å². The molecule has 4 N–H and O–H groups in total. The number of unbranched alkanes of at least 4 members (excludes halogenated alkanes) is 14. The van der Waals surface area contributed by atoms with E-state index in [9.17, 15) is 29.3 Å². The average molecular weight is 839 g/mol. The number of rotatable bonds is 40. The summed E-state index contributed by atoms with van der Waals surface area (Å²) in [5, 5.41) is 28.1. The van der Waals surface area contributed by atoms with Crippen LogP contribution in [0.5, 0.6) is 0 Å². The van der Waals surface area contributed by atoms with Crippen molar-refractivity contribution in [1.82, 2.24) is 0 Å². The van der Waals surface area contributed by atoms with E-state index in [0.29, 0.717) is 25.7 Å². The topological polar surface area (TPSA) is 169 Å². The fraction of sp³-hybridized carbons (Fsp3) is 0.696. The van der Waals surface area contributed by atoms with Gasteiger partial charge >= 0.3 is 19.8 Å². The minimum Gasteiger partial charge on any atom is -0.462 e. The lowest BCUT2D eigenvalue weighted by Gasteiger charge is -2.20. The first-order valence-corrected chi connectivity index (χ1v) is 23.5. The summed E-state index contributed by atoms with van der Waals surface area (Å²) in [6.45, 7) is 2.05. The number of hydrogen-bond acceptors (Lipinski definition) is 10. The Bertz CT molecular complexity index is 1210. The summed E-state index contributed by atoms with van der Waals surface area (Å²) in [5.41, 5.74) is 0. The van der Waals surface area contributed by atoms with E-state index in [2.05, 4.69) is 35.8 Å². The summed E-state index contributed by atoms with van der Waals surface area (Å²) >= 11 is 0. The highest BCUT2D eigenvalue weighted by atomic mass is 31.2. The molecule has 58 heavy (non-hydrogen) atoms. The molecule has 0 aliphatic rings. The molecule has 0 spiro atoms. The molecule has 0 aromatic carbocycles. The largest absolute Gasteiger partial charge is 0.472 e. The maximum Gasteiger partial charge on any atom is 0.472 e. The van der Waals surface area contributed by atoms with Gasteiger partial charge in [-0.3, -0.25) is 18.6 Å². The molecule has 2 unspecified atom stereocenters. The van der Waals surface area contributed by atoms with Gasteiger partial charge in [0.1, 0.15) is 12.7 Å². The van der Waals surface area contributed by atoms with Crippen molar-refractivity contribution >= 4 is 19.8 Å². The standard InChI is InChI=1S/C46H79O11P/c1-3-5-7-8-9-10-11-12-13-14-15-16-21-24-27-30-33-37-46(51)57-44(41-56-58(52,53)55-39-43(49)38-47)40-54-45(50)36-32-29-26-23-20-18-17-19-22-25-28-31-35-42(48)34-6-4-2/h6,12-13,17-18,22-23,25-26,28,31,34,42-44,47-49H,3-5,7-11,14-16,19-21,24,27,29-30,32-33,35-41H2,1-2H3,(H,52,53)/b13-12-,18-17-,25-22-,26-23-,31-28+,34-6-/t42?,43-,44+/m0/s1. The Labute approximate surface area is 351 Å². The number of carbonyl (C=O) groups is 2. The van der Waals surface area contributed by atoms with Gasteiger partial charge in [0.05, 0.1) is 25.9 Å². The van der Waals surface area contributed by atoms with E-state index >= 15 is 0 Å². The van der Waals surface area contributed by atoms with E-state index in [1.165, 1.54) is 57.8 Å². The highest BCUT2D eigenvalue weighted by Crippen LogP contribution is 2.43. The highest BCUT2D eigenvalue weighted by molar-refractivity contribution is 7.47. The highest BCUT2D eigenvalue weighted by Gasteiger charge is 2.27. The van der Waals surface area contributed by atoms with Crippen molar-refractivity contribution in [3.8, 4) is 0 Å². The molecule has 0 saturated heterocycles. The molecule has 0 rings (SSSR count). The molecule has 12 heteroatoms. The summed E-state index contributed by atoms with van der Waals surface area (Å²) in [6, 6.07) is 0. The summed E-state index contributed by atoms with van der Waals surface area (Å²) in [4.78, 5) is 35.0. The summed E-state index contributed by atoms with van der Waals surface area (Å²) < 4.78 is 32.6. The third-order valence-electron chi connectivity index (χ3n) is 8.92. The predicted molar refractivity (Wildman–Crippen MR) is 234 cm³/mol. The Hall–Kier alpha value is -2.63. The molecule has 0 aliphatic heterocycles. The van der Waals surface area contributed by atoms with Crippen LogP contribution in [-0.4, -0.2) is 76.9 Å². The van der Waals surface area contributed by atoms with Crippen LogP contribution in [0.4, 0.5) is 0 Å². The number of phosphoric acid groups is 1. The van der Waals surface area contributed by atoms with E-state index in [1.807, 2.05) is 49.5 Å². The molecule has 0 amide bonds. The minimum absolute atomic E-state index is 0.141. The first-order chi connectivity index (χ1) is 28.1. The number of phosphoric ester groups is 1. The second kappa shape index (κ2) is 41.1. The van der Waals surface area contributed by atoms with Crippen molar-refractivity contribution < 1.29 is 52.9 Å². The molecule has 0 fully saturated rings. The van der Waals surface area contributed by atoms with Gasteiger partial charge < -0.3 is 29.7 Å². The van der Waals surface area contributed by atoms with Crippen LogP contribution in [0.1, 0.15) is 162 Å². The van der Waals surface area contributed by atoms with Crippen molar-refractivity contribution in [3.63, 3.8) is 0 Å². The van der Waals surface area contributed by atoms with Gasteiger partial charge in [-0.1, -0.05) is 151 Å². The molecule has 4 atom stereocenters. The zero-order chi connectivity index (χ0) is 42.8. The zero-order valence-electron chi connectivity index (χ0n) is 35.8. The van der Waals surface area contributed by atoms with Crippen LogP contribution >= 0.6 is 7.82 Å². The van der Waals surface area contributed by atoms with Gasteiger partial charge in [-0.15, -0.1) is 0 Å². The molecule has 0 radical (unpaired) electrons. The Kier molecular flexibility index (Phi) is 39.3. The summed E-state index contributed by atoms with van der Waals surface area (Å²) in [6.07, 6.45) is 43.5. The quantitative estimate of drug-likeness (QED) is 0.0152. The molecule has 0 saturated carbocycles. The molecule has 0 heterocycles. The first kappa shape index (κ1) is 55.4. The van der Waals surface area contributed by atoms with E-state index in [-0.39, 0.29) is 19.4 Å². The minimum atomic E-state index is -4.64. The maximum atomic E-state index is 12.6. The van der Waals surface area contributed by atoms with Crippen LogP contribution < -0.4 is 0 Å². The molecule has 334 valence electrons. The molecule has 11 nitrogen and oxygen atoms in total. The number of esters is 2. The van der Waals surface area contributed by atoms with E-state index in [4.69, 9.17) is 19.1 Å². The van der Waals surface area contributed by atoms with Crippen LogP contribution in [0.25, 0.3) is 0 Å². The van der Waals surface area contributed by atoms with Gasteiger partial charge in [-0.25, -0.2) is 4.57 Å². The lowest BCUT2D eigenvalue weighted by molar-refractivity contribution is -0.161. The zero-order valence-corrected chi connectivity index (χ0v) is 36.7. The summed E-state index contributed by atoms with van der Waals surface area (Å²) in [5.74, 6) is -1.03. The lowest BCUT2D eigenvalue weighted by Crippen LogP contribution is -2.29. The Morgan fingerprint density at radius 2 is 1.14 bits per heavy atom. The van der Waals surface area contributed by atoms with E-state index in [0.717, 1.165) is 51.4 Å². The molecule has 0 aliphatic carbocycles.